The zero-order chi connectivity index (χ0) is 33.1. The summed E-state index contributed by atoms with van der Waals surface area (Å²) in [5, 5.41) is 16.3. The molecule has 3 N–H and O–H groups in total. The number of anilines is 1. The van der Waals surface area contributed by atoms with Crippen molar-refractivity contribution in [2.45, 2.75) is 96.4 Å². The predicted molar refractivity (Wildman–Crippen MR) is 179 cm³/mol. The highest BCUT2D eigenvalue weighted by Gasteiger charge is 2.31. The maximum absolute atomic E-state index is 14.3. The SMILES string of the molecule is C[C@H]1CCCCO[C@H](CN(C)C(=O)NC2CCCCC2)[C@@H](C)CN([C@@H](C)CO)C(=O)c2cc(NC(=O)c3ccccc3)ccc2O1. The van der Waals surface area contributed by atoms with Gasteiger partial charge in [0.25, 0.3) is 11.8 Å². The molecule has 10 nitrogen and oxygen atoms in total. The Kier molecular flexibility index (Phi) is 13.3. The fourth-order valence-electron chi connectivity index (χ4n) is 6.14. The first-order valence-corrected chi connectivity index (χ1v) is 16.9. The summed E-state index contributed by atoms with van der Waals surface area (Å²) in [6, 6.07) is 13.6. The van der Waals surface area contributed by atoms with Gasteiger partial charge in [-0.3, -0.25) is 9.59 Å². The molecule has 4 rings (SSSR count). The molecular formula is C36H52N4O6. The van der Waals surface area contributed by atoms with Crippen LogP contribution >= 0.6 is 0 Å². The lowest BCUT2D eigenvalue weighted by atomic mass is 9.96. The first-order valence-electron chi connectivity index (χ1n) is 16.9. The maximum Gasteiger partial charge on any atom is 0.317 e. The highest BCUT2D eigenvalue weighted by molar-refractivity contribution is 6.05. The van der Waals surface area contributed by atoms with Gasteiger partial charge in [-0.05, 0) is 76.3 Å². The highest BCUT2D eigenvalue weighted by atomic mass is 16.5. The third-order valence-corrected chi connectivity index (χ3v) is 9.08. The fraction of sp³-hybridized carbons (Fsp3) is 0.583. The number of amides is 4. The Hall–Kier alpha value is -3.63. The number of aliphatic hydroxyl groups is 1. The molecule has 2 aromatic rings. The molecule has 1 fully saturated rings. The van der Waals surface area contributed by atoms with E-state index in [0.717, 1.165) is 44.9 Å². The summed E-state index contributed by atoms with van der Waals surface area (Å²) < 4.78 is 12.7. The lowest BCUT2D eigenvalue weighted by Crippen LogP contribution is -2.50. The van der Waals surface area contributed by atoms with Crippen LogP contribution in [0.4, 0.5) is 10.5 Å². The van der Waals surface area contributed by atoms with E-state index in [2.05, 4.69) is 10.6 Å². The molecule has 4 atom stereocenters. The molecule has 0 radical (unpaired) electrons. The molecule has 0 saturated heterocycles. The molecule has 2 aliphatic rings. The Morgan fingerprint density at radius 1 is 1.02 bits per heavy atom. The van der Waals surface area contributed by atoms with Gasteiger partial charge in [0.1, 0.15) is 5.75 Å². The Balaban J connectivity index is 1.58. The number of urea groups is 1. The van der Waals surface area contributed by atoms with E-state index < -0.39 is 6.04 Å². The zero-order valence-electron chi connectivity index (χ0n) is 27.9. The second-order valence-corrected chi connectivity index (χ2v) is 13.0. The quantitative estimate of drug-likeness (QED) is 0.358. The van der Waals surface area contributed by atoms with E-state index in [0.29, 0.717) is 42.3 Å². The van der Waals surface area contributed by atoms with Gasteiger partial charge in [-0.1, -0.05) is 44.4 Å². The Bertz CT molecular complexity index is 1280. The molecule has 1 aliphatic carbocycles. The van der Waals surface area contributed by atoms with Gasteiger partial charge in [0.2, 0.25) is 0 Å². The average molecular weight is 637 g/mol. The number of aliphatic hydroxyl groups excluding tert-OH is 1. The fourth-order valence-corrected chi connectivity index (χ4v) is 6.14. The van der Waals surface area contributed by atoms with Crippen LogP contribution in [0.25, 0.3) is 0 Å². The molecule has 0 unspecified atom stereocenters. The van der Waals surface area contributed by atoms with Gasteiger partial charge >= 0.3 is 6.03 Å². The van der Waals surface area contributed by atoms with Crippen molar-refractivity contribution in [3.05, 3.63) is 59.7 Å². The van der Waals surface area contributed by atoms with Crippen LogP contribution in [0.2, 0.25) is 0 Å². The largest absolute Gasteiger partial charge is 0.490 e. The minimum atomic E-state index is -0.497. The molecule has 1 aliphatic heterocycles. The number of nitrogens with one attached hydrogen (secondary N) is 2. The number of nitrogens with zero attached hydrogens (tertiary/aromatic N) is 2. The van der Waals surface area contributed by atoms with Gasteiger partial charge in [0.15, 0.2) is 0 Å². The molecule has 2 aromatic carbocycles. The van der Waals surface area contributed by atoms with Crippen LogP contribution < -0.4 is 15.4 Å². The standard InChI is InChI=1S/C36H52N4O6/c1-25-22-40(26(2)24-41)35(43)31-21-30(37-34(42)28-14-7-5-8-15-28)18-19-32(31)46-27(3)13-11-12-20-45-33(25)23-39(4)36(44)38-29-16-9-6-10-17-29/h5,7-8,14-15,18-19,21,25-27,29,33,41H,6,9-13,16-17,20,22-24H2,1-4H3,(H,37,42)(H,38,44)/t25-,26-,27-,33+/m0/s1. The lowest BCUT2D eigenvalue weighted by Gasteiger charge is -2.36. The van der Waals surface area contributed by atoms with E-state index in [-0.39, 0.29) is 48.6 Å². The van der Waals surface area contributed by atoms with E-state index in [1.54, 1.807) is 66.2 Å². The summed E-state index contributed by atoms with van der Waals surface area (Å²) in [6.45, 7) is 6.77. The topological polar surface area (TPSA) is 120 Å². The molecule has 0 bridgehead atoms. The summed E-state index contributed by atoms with van der Waals surface area (Å²) in [5.74, 6) is -0.323. The van der Waals surface area contributed by atoms with Crippen molar-refractivity contribution in [3.8, 4) is 5.75 Å². The molecule has 46 heavy (non-hydrogen) atoms. The van der Waals surface area contributed by atoms with Crippen molar-refractivity contribution in [1.82, 2.24) is 15.1 Å². The molecule has 1 saturated carbocycles. The Labute approximate surface area is 273 Å². The van der Waals surface area contributed by atoms with Crippen LogP contribution in [0.3, 0.4) is 0 Å². The van der Waals surface area contributed by atoms with E-state index in [1.165, 1.54) is 6.42 Å². The number of rotatable bonds is 7. The summed E-state index contributed by atoms with van der Waals surface area (Å²) in [7, 11) is 1.79. The number of carbonyl (C=O) groups excluding carboxylic acids is 3. The van der Waals surface area contributed by atoms with Crippen LogP contribution in [-0.2, 0) is 4.74 Å². The van der Waals surface area contributed by atoms with Crippen molar-refractivity contribution in [2.24, 2.45) is 5.92 Å². The smallest absolute Gasteiger partial charge is 0.317 e. The van der Waals surface area contributed by atoms with Gasteiger partial charge < -0.3 is 35.0 Å². The second kappa shape index (κ2) is 17.3. The average Bonchev–Trinajstić information content (AvgIpc) is 3.06. The van der Waals surface area contributed by atoms with E-state index in [9.17, 15) is 19.5 Å². The Morgan fingerprint density at radius 2 is 1.74 bits per heavy atom. The van der Waals surface area contributed by atoms with Crippen molar-refractivity contribution in [3.63, 3.8) is 0 Å². The first kappa shape index (κ1) is 35.2. The van der Waals surface area contributed by atoms with E-state index in [1.807, 2.05) is 19.9 Å². The first-order chi connectivity index (χ1) is 22.2. The van der Waals surface area contributed by atoms with Crippen molar-refractivity contribution in [2.75, 3.05) is 38.7 Å². The molecule has 0 aromatic heterocycles. The van der Waals surface area contributed by atoms with Gasteiger partial charge in [0, 0.05) is 50.0 Å². The van der Waals surface area contributed by atoms with Crippen molar-refractivity contribution >= 4 is 23.5 Å². The molecule has 1 heterocycles. The van der Waals surface area contributed by atoms with Crippen molar-refractivity contribution in [1.29, 1.82) is 0 Å². The number of ether oxygens (including phenoxy) is 2. The number of benzene rings is 2. The van der Waals surface area contributed by atoms with Gasteiger partial charge in [-0.2, -0.15) is 0 Å². The number of likely N-dealkylation sites (N-methyl/N-ethyl adjacent to an activating group) is 1. The second-order valence-electron chi connectivity index (χ2n) is 13.0. The Morgan fingerprint density at radius 3 is 2.46 bits per heavy atom. The number of fused-ring (bicyclic) bond motifs is 1. The minimum absolute atomic E-state index is 0.108. The third kappa shape index (κ3) is 9.93. The zero-order valence-corrected chi connectivity index (χ0v) is 27.9. The van der Waals surface area contributed by atoms with Crippen LogP contribution in [-0.4, -0.2) is 90.4 Å². The number of hydrogen-bond donors (Lipinski definition) is 3. The summed E-state index contributed by atoms with van der Waals surface area (Å²) >= 11 is 0. The van der Waals surface area contributed by atoms with Gasteiger partial charge in [-0.25, -0.2) is 4.79 Å². The van der Waals surface area contributed by atoms with Crippen LogP contribution in [0, 0.1) is 5.92 Å². The molecule has 252 valence electrons. The molecular weight excluding hydrogens is 584 g/mol. The van der Waals surface area contributed by atoms with Crippen LogP contribution in [0.5, 0.6) is 5.75 Å². The minimum Gasteiger partial charge on any atom is -0.490 e. The normalized spacial score (nSPS) is 22.5. The molecule has 10 heteroatoms. The third-order valence-electron chi connectivity index (χ3n) is 9.08. The summed E-state index contributed by atoms with van der Waals surface area (Å²) in [4.78, 5) is 43.7. The predicted octanol–water partition coefficient (Wildman–Crippen LogP) is 5.71. The van der Waals surface area contributed by atoms with E-state index in [4.69, 9.17) is 9.47 Å². The summed E-state index contributed by atoms with van der Waals surface area (Å²) in [5.41, 5.74) is 1.28. The van der Waals surface area contributed by atoms with E-state index >= 15 is 0 Å². The maximum atomic E-state index is 14.3. The monoisotopic (exact) mass is 636 g/mol. The molecule has 0 spiro atoms. The summed E-state index contributed by atoms with van der Waals surface area (Å²) in [6.07, 6.45) is 7.50. The van der Waals surface area contributed by atoms with Gasteiger partial charge in [-0.15, -0.1) is 0 Å². The van der Waals surface area contributed by atoms with Gasteiger partial charge in [0.05, 0.1) is 30.4 Å². The lowest BCUT2D eigenvalue weighted by molar-refractivity contribution is -0.0123. The molecule has 4 amide bonds. The van der Waals surface area contributed by atoms with Crippen LogP contribution in [0.15, 0.2) is 48.5 Å². The highest BCUT2D eigenvalue weighted by Crippen LogP contribution is 2.29. The van der Waals surface area contributed by atoms with Crippen molar-refractivity contribution < 1.29 is 29.0 Å². The van der Waals surface area contributed by atoms with Crippen LogP contribution in [0.1, 0.15) is 92.9 Å². The number of carbonyl (C=O) groups is 3. The number of hydrogen-bond acceptors (Lipinski definition) is 6.